The number of halogens is 3. The van der Waals surface area contributed by atoms with Crippen LogP contribution in [-0.2, 0) is 4.79 Å². The van der Waals surface area contributed by atoms with E-state index < -0.39 is 12.8 Å². The molecular weight excluding hydrogens is 369 g/mol. The second kappa shape index (κ2) is 7.84. The van der Waals surface area contributed by atoms with Crippen LogP contribution in [0.4, 0.5) is 24.5 Å². The van der Waals surface area contributed by atoms with Gasteiger partial charge in [-0.3, -0.25) is 4.79 Å². The zero-order chi connectivity index (χ0) is 19.7. The van der Waals surface area contributed by atoms with Crippen molar-refractivity contribution in [3.63, 3.8) is 0 Å². The lowest BCUT2D eigenvalue weighted by atomic mass is 9.95. The van der Waals surface area contributed by atoms with E-state index in [0.717, 1.165) is 42.7 Å². The summed E-state index contributed by atoms with van der Waals surface area (Å²) in [6.45, 7) is -1.35. The number of ether oxygens (including phenoxy) is 1. The molecule has 1 amide bonds. The Labute approximate surface area is 163 Å². The number of fused-ring (bicyclic) bond motifs is 2. The van der Waals surface area contributed by atoms with Crippen LogP contribution in [0.3, 0.4) is 0 Å². The molecule has 1 aromatic rings. The molecule has 0 saturated heterocycles. The monoisotopic (exact) mass is 396 g/mol. The molecule has 1 aliphatic heterocycles. The zero-order valence-corrected chi connectivity index (χ0v) is 15.9. The first-order chi connectivity index (χ1) is 13.4. The van der Waals surface area contributed by atoms with Gasteiger partial charge >= 0.3 is 6.18 Å². The predicted molar refractivity (Wildman–Crippen MR) is 101 cm³/mol. The number of carbonyl (C=O) groups excluding carboxylic acids is 1. The topological polar surface area (TPSA) is 50.4 Å². The number of alkyl halides is 3. The van der Waals surface area contributed by atoms with Crippen molar-refractivity contribution in [3.8, 4) is 5.75 Å². The highest BCUT2D eigenvalue weighted by Crippen LogP contribution is 2.56. The summed E-state index contributed by atoms with van der Waals surface area (Å²) in [5.41, 5.74) is 1.18. The van der Waals surface area contributed by atoms with Gasteiger partial charge in [0.25, 0.3) is 0 Å². The van der Waals surface area contributed by atoms with Crippen LogP contribution in [0, 0.1) is 17.8 Å². The third-order valence-corrected chi connectivity index (χ3v) is 6.36. The molecule has 4 atom stereocenters. The SMILES string of the molecule is O=C1Nc2cc(OCC(F)(F)F)ccc2NC1CCCCC[C@H]1CCC2CC21. The van der Waals surface area contributed by atoms with Crippen LogP contribution >= 0.6 is 0 Å². The molecule has 154 valence electrons. The van der Waals surface area contributed by atoms with Gasteiger partial charge < -0.3 is 15.4 Å². The first-order valence-electron chi connectivity index (χ1n) is 10.3. The maximum atomic E-state index is 12.3. The molecule has 2 N–H and O–H groups in total. The maximum absolute atomic E-state index is 12.3. The number of hydrogen-bond acceptors (Lipinski definition) is 3. The van der Waals surface area contributed by atoms with Crippen molar-refractivity contribution >= 4 is 17.3 Å². The molecule has 2 fully saturated rings. The maximum Gasteiger partial charge on any atom is 0.422 e. The number of benzene rings is 1. The minimum Gasteiger partial charge on any atom is -0.484 e. The fourth-order valence-electron chi connectivity index (χ4n) is 4.80. The van der Waals surface area contributed by atoms with E-state index in [1.54, 1.807) is 6.07 Å². The summed E-state index contributed by atoms with van der Waals surface area (Å²) in [6.07, 6.45) is 5.36. The van der Waals surface area contributed by atoms with Crippen LogP contribution in [0.25, 0.3) is 0 Å². The van der Waals surface area contributed by atoms with Crippen molar-refractivity contribution in [2.45, 2.75) is 63.6 Å². The molecule has 4 rings (SSSR count). The van der Waals surface area contributed by atoms with Crippen LogP contribution in [-0.4, -0.2) is 24.7 Å². The molecular formula is C21H27F3N2O2. The Balaban J connectivity index is 1.21. The molecule has 7 heteroatoms. The summed E-state index contributed by atoms with van der Waals surface area (Å²) in [5, 5.41) is 5.98. The van der Waals surface area contributed by atoms with Gasteiger partial charge in [0.2, 0.25) is 5.91 Å². The van der Waals surface area contributed by atoms with Crippen molar-refractivity contribution in [2.24, 2.45) is 17.8 Å². The number of amides is 1. The van der Waals surface area contributed by atoms with Gasteiger partial charge in [-0.1, -0.05) is 25.7 Å². The van der Waals surface area contributed by atoms with Gasteiger partial charge in [-0.15, -0.1) is 0 Å². The molecule has 0 spiro atoms. The highest BCUT2D eigenvalue weighted by molar-refractivity contribution is 6.03. The number of rotatable bonds is 8. The largest absolute Gasteiger partial charge is 0.484 e. The van der Waals surface area contributed by atoms with E-state index >= 15 is 0 Å². The van der Waals surface area contributed by atoms with Gasteiger partial charge in [0.05, 0.1) is 11.4 Å². The lowest BCUT2D eigenvalue weighted by Crippen LogP contribution is -2.38. The van der Waals surface area contributed by atoms with Gasteiger partial charge in [0, 0.05) is 6.07 Å². The van der Waals surface area contributed by atoms with Gasteiger partial charge in [-0.25, -0.2) is 0 Å². The zero-order valence-electron chi connectivity index (χ0n) is 15.9. The molecule has 28 heavy (non-hydrogen) atoms. The summed E-state index contributed by atoms with van der Waals surface area (Å²) in [6, 6.07) is 4.27. The third kappa shape index (κ3) is 4.73. The van der Waals surface area contributed by atoms with Crippen LogP contribution in [0.5, 0.6) is 5.75 Å². The Morgan fingerprint density at radius 1 is 1.07 bits per heavy atom. The Bertz CT molecular complexity index is 722. The Kier molecular flexibility index (Phi) is 5.43. The second-order valence-electron chi connectivity index (χ2n) is 8.43. The molecule has 3 unspecified atom stereocenters. The van der Waals surface area contributed by atoms with Crippen molar-refractivity contribution < 1.29 is 22.7 Å². The average Bonchev–Trinajstić information content (AvgIpc) is 3.32. The first kappa shape index (κ1) is 19.4. The molecule has 4 nitrogen and oxygen atoms in total. The third-order valence-electron chi connectivity index (χ3n) is 6.36. The molecule has 2 aliphatic carbocycles. The average molecular weight is 396 g/mol. The minimum absolute atomic E-state index is 0.0847. The smallest absolute Gasteiger partial charge is 0.422 e. The molecule has 0 radical (unpaired) electrons. The standard InChI is InChI=1S/C21H27F3N2O2/c22-21(23,24)12-28-15-8-9-17-19(11-15)26-20(27)18(25-17)5-3-1-2-4-13-6-7-14-10-16(13)14/h8-9,11,13-14,16,18,25H,1-7,10,12H2,(H,26,27)/t13-,14?,16?,18?/m0/s1. The normalized spacial score (nSPS) is 28.2. The lowest BCUT2D eigenvalue weighted by Gasteiger charge is -2.27. The highest BCUT2D eigenvalue weighted by atomic mass is 19.4. The Morgan fingerprint density at radius 3 is 2.61 bits per heavy atom. The van der Waals surface area contributed by atoms with E-state index in [1.807, 2.05) is 0 Å². The number of unbranched alkanes of at least 4 members (excludes halogenated alkanes) is 2. The van der Waals surface area contributed by atoms with Crippen molar-refractivity contribution in [3.05, 3.63) is 18.2 Å². The van der Waals surface area contributed by atoms with E-state index in [0.29, 0.717) is 5.69 Å². The number of nitrogens with one attached hydrogen (secondary N) is 2. The summed E-state index contributed by atoms with van der Waals surface area (Å²) < 4.78 is 41.5. The fourth-order valence-corrected chi connectivity index (χ4v) is 4.80. The summed E-state index contributed by atoms with van der Waals surface area (Å²) in [4.78, 5) is 12.3. The molecule has 0 aromatic heterocycles. The molecule has 1 heterocycles. The van der Waals surface area contributed by atoms with Crippen LogP contribution in [0.1, 0.15) is 51.4 Å². The molecule has 1 aromatic carbocycles. The van der Waals surface area contributed by atoms with E-state index in [1.165, 1.54) is 44.2 Å². The number of carbonyl (C=O) groups is 1. The molecule has 3 aliphatic rings. The van der Waals surface area contributed by atoms with E-state index in [-0.39, 0.29) is 17.7 Å². The summed E-state index contributed by atoms with van der Waals surface area (Å²) in [5.74, 6) is 2.95. The lowest BCUT2D eigenvalue weighted by molar-refractivity contribution is -0.153. The molecule has 2 saturated carbocycles. The Morgan fingerprint density at radius 2 is 1.89 bits per heavy atom. The van der Waals surface area contributed by atoms with Crippen molar-refractivity contribution in [1.82, 2.24) is 0 Å². The van der Waals surface area contributed by atoms with Crippen molar-refractivity contribution in [1.29, 1.82) is 0 Å². The number of hydrogen-bond donors (Lipinski definition) is 2. The highest BCUT2D eigenvalue weighted by Gasteiger charge is 2.47. The second-order valence-corrected chi connectivity index (χ2v) is 8.43. The van der Waals surface area contributed by atoms with Crippen LogP contribution in [0.15, 0.2) is 18.2 Å². The first-order valence-corrected chi connectivity index (χ1v) is 10.3. The van der Waals surface area contributed by atoms with Crippen molar-refractivity contribution in [2.75, 3.05) is 17.2 Å². The Hall–Kier alpha value is -1.92. The van der Waals surface area contributed by atoms with E-state index in [9.17, 15) is 18.0 Å². The van der Waals surface area contributed by atoms with Gasteiger partial charge in [-0.2, -0.15) is 13.2 Å². The summed E-state index contributed by atoms with van der Waals surface area (Å²) >= 11 is 0. The van der Waals surface area contributed by atoms with E-state index in [4.69, 9.17) is 4.74 Å². The van der Waals surface area contributed by atoms with Gasteiger partial charge in [0.15, 0.2) is 6.61 Å². The number of anilines is 2. The summed E-state index contributed by atoms with van der Waals surface area (Å²) in [7, 11) is 0. The minimum atomic E-state index is -4.39. The predicted octanol–water partition coefficient (Wildman–Crippen LogP) is 5.36. The molecule has 0 bridgehead atoms. The fraction of sp³-hybridized carbons (Fsp3) is 0.667. The van der Waals surface area contributed by atoms with Crippen LogP contribution < -0.4 is 15.4 Å². The quantitative estimate of drug-likeness (QED) is 0.582. The van der Waals surface area contributed by atoms with Crippen LogP contribution in [0.2, 0.25) is 0 Å². The van der Waals surface area contributed by atoms with Gasteiger partial charge in [0.1, 0.15) is 11.8 Å². The van der Waals surface area contributed by atoms with Gasteiger partial charge in [-0.05, 0) is 55.6 Å². The van der Waals surface area contributed by atoms with E-state index in [2.05, 4.69) is 10.6 Å².